The monoisotopic (exact) mass is 919 g/mol. The van der Waals surface area contributed by atoms with Crippen LogP contribution < -0.4 is 4.90 Å². The molecule has 0 bridgehead atoms. The number of hydrogen-bond donors (Lipinski definition) is 1. The molecular weight excluding hydrogens is 859 g/mol. The van der Waals surface area contributed by atoms with Crippen molar-refractivity contribution in [2.24, 2.45) is 5.41 Å². The maximum absolute atomic E-state index is 14.5. The summed E-state index contributed by atoms with van der Waals surface area (Å²) in [5.41, 5.74) is 6.57. The van der Waals surface area contributed by atoms with Crippen LogP contribution in [0, 0.1) is 5.41 Å². The van der Waals surface area contributed by atoms with E-state index < -0.39 is 41.5 Å². The van der Waals surface area contributed by atoms with E-state index in [9.17, 15) is 9.90 Å². The lowest BCUT2D eigenvalue weighted by molar-refractivity contribution is -0.272. The van der Waals surface area contributed by atoms with E-state index in [0.717, 1.165) is 44.6 Å². The van der Waals surface area contributed by atoms with E-state index in [2.05, 4.69) is 72.8 Å². The van der Waals surface area contributed by atoms with Gasteiger partial charge in [0.15, 0.2) is 0 Å². The van der Waals surface area contributed by atoms with Crippen molar-refractivity contribution in [3.63, 3.8) is 0 Å². The Kier molecular flexibility index (Phi) is 14.6. The van der Waals surface area contributed by atoms with Crippen molar-refractivity contribution >= 4 is 11.6 Å². The zero-order valence-corrected chi connectivity index (χ0v) is 39.0. The lowest BCUT2D eigenvalue weighted by Gasteiger charge is -2.59. The molecule has 10 rings (SSSR count). The van der Waals surface area contributed by atoms with Gasteiger partial charge in [0.25, 0.3) is 0 Å². The Labute approximate surface area is 406 Å². The summed E-state index contributed by atoms with van der Waals surface area (Å²) in [4.78, 5) is 16.5. The fraction of sp³-hybridized carbons (Fsp3) is 0.295. The summed E-state index contributed by atoms with van der Waals surface area (Å²) in [5, 5.41) is 11.9. The Hall–Kier alpha value is -6.23. The zero-order valence-electron chi connectivity index (χ0n) is 39.0. The molecule has 2 heterocycles. The molecule has 7 aromatic carbocycles. The molecule has 3 fully saturated rings. The lowest BCUT2D eigenvalue weighted by Crippen LogP contribution is -2.65. The summed E-state index contributed by atoms with van der Waals surface area (Å²) in [5.74, 6) is 0.123. The number of β-lactam (4-membered cyclic amide) rings is 1. The predicted molar refractivity (Wildman–Crippen MR) is 268 cm³/mol. The molecule has 2 unspecified atom stereocenters. The molecule has 8 heteroatoms. The number of aliphatic hydroxyl groups is 1. The number of carbonyl (C=O) groups excluding carboxylic acids is 1. The summed E-state index contributed by atoms with van der Waals surface area (Å²) in [6.07, 6.45) is 0.251. The standard InChI is InChI=1S/C61H61NO7/c63-59-60(35-37-61(64,38-36-60)51-27-15-5-16-28-51)58(62(59)52-29-17-6-18-30-52)50-33-31-45(32-34-50)39-53-55(66-41-47-21-9-2-10-22-47)57(68-43-49-25-13-4-14-26-49)56(67-42-48-23-11-3-12-24-48)54(69-53)44-65-40-46-19-7-1-8-20-46/h1-34,53-58,64H,35-44H2/t53-,54?,55?,56-,57+,58+,60?,61?/m0/s1. The molecule has 0 radical (unpaired) electrons. The molecule has 8 nitrogen and oxygen atoms in total. The Bertz CT molecular complexity index is 2660. The van der Waals surface area contributed by atoms with Gasteiger partial charge < -0.3 is 33.7 Å². The van der Waals surface area contributed by atoms with Gasteiger partial charge in [-0.15, -0.1) is 0 Å². The predicted octanol–water partition coefficient (Wildman–Crippen LogP) is 11.5. The number of benzene rings is 7. The molecule has 1 spiro atoms. The third kappa shape index (κ3) is 10.5. The smallest absolute Gasteiger partial charge is 0.236 e. The van der Waals surface area contributed by atoms with E-state index >= 15 is 0 Å². The molecular formula is C61H61NO7. The van der Waals surface area contributed by atoms with Crippen molar-refractivity contribution in [1.29, 1.82) is 0 Å². The molecule has 352 valence electrons. The number of anilines is 1. The largest absolute Gasteiger partial charge is 0.385 e. The van der Waals surface area contributed by atoms with Gasteiger partial charge in [0.2, 0.25) is 5.91 Å². The van der Waals surface area contributed by atoms with Gasteiger partial charge >= 0.3 is 0 Å². The number of ether oxygens (including phenoxy) is 5. The maximum atomic E-state index is 14.5. The van der Waals surface area contributed by atoms with Gasteiger partial charge in [-0.2, -0.15) is 0 Å². The molecule has 69 heavy (non-hydrogen) atoms. The third-order valence-corrected chi connectivity index (χ3v) is 14.5. The van der Waals surface area contributed by atoms with Crippen LogP contribution in [-0.2, 0) is 66.9 Å². The minimum Gasteiger partial charge on any atom is -0.385 e. The van der Waals surface area contributed by atoms with E-state index in [-0.39, 0.29) is 18.6 Å². The first-order chi connectivity index (χ1) is 34.0. The normalized spacial score (nSPS) is 25.6. The van der Waals surface area contributed by atoms with Gasteiger partial charge in [0.05, 0.1) is 56.2 Å². The van der Waals surface area contributed by atoms with Crippen molar-refractivity contribution in [3.05, 3.63) is 245 Å². The minimum atomic E-state index is -0.966. The molecule has 1 aliphatic carbocycles. The van der Waals surface area contributed by atoms with Gasteiger partial charge in [0, 0.05) is 12.1 Å². The summed E-state index contributed by atoms with van der Waals surface area (Å²) in [7, 11) is 0. The molecule has 1 saturated carbocycles. The summed E-state index contributed by atoms with van der Waals surface area (Å²) >= 11 is 0. The van der Waals surface area contributed by atoms with E-state index in [4.69, 9.17) is 23.7 Å². The zero-order chi connectivity index (χ0) is 46.9. The SMILES string of the molecule is O=C1N(c2ccccc2)[C@H](c2ccc(C[C@@H]3OC(COCc4ccccc4)[C@H](OCc4ccccc4)[C@H](OCc4ccccc4)C3OCc3ccccc3)cc2)C12CCC(O)(c1ccccc1)CC2. The van der Waals surface area contributed by atoms with Crippen LogP contribution in [0.25, 0.3) is 0 Å². The number of hydrogen-bond acceptors (Lipinski definition) is 7. The Balaban J connectivity index is 0.961. The molecule has 6 atom stereocenters. The molecule has 2 saturated heterocycles. The first kappa shape index (κ1) is 46.5. The highest BCUT2D eigenvalue weighted by atomic mass is 16.6. The fourth-order valence-corrected chi connectivity index (χ4v) is 10.7. The van der Waals surface area contributed by atoms with Crippen molar-refractivity contribution in [3.8, 4) is 0 Å². The van der Waals surface area contributed by atoms with Crippen molar-refractivity contribution in [2.75, 3.05) is 11.5 Å². The van der Waals surface area contributed by atoms with Crippen LogP contribution in [0.15, 0.2) is 206 Å². The first-order valence-corrected chi connectivity index (χ1v) is 24.4. The molecule has 1 N–H and O–H groups in total. The van der Waals surface area contributed by atoms with E-state index in [0.29, 0.717) is 58.5 Å². The van der Waals surface area contributed by atoms with Crippen LogP contribution in [-0.4, -0.2) is 48.1 Å². The second-order valence-corrected chi connectivity index (χ2v) is 18.9. The van der Waals surface area contributed by atoms with E-state index in [1.54, 1.807) is 0 Å². The summed E-state index contributed by atoms with van der Waals surface area (Å²) in [6.45, 7) is 1.81. The molecule has 1 amide bonds. The number of rotatable bonds is 18. The molecule has 0 aromatic heterocycles. The third-order valence-electron chi connectivity index (χ3n) is 14.5. The van der Waals surface area contributed by atoms with Gasteiger partial charge in [-0.1, -0.05) is 194 Å². The topological polar surface area (TPSA) is 86.7 Å². The van der Waals surface area contributed by atoms with E-state index in [1.807, 2.05) is 138 Å². The van der Waals surface area contributed by atoms with Crippen LogP contribution in [0.5, 0.6) is 0 Å². The number of amides is 1. The Morgan fingerprint density at radius 2 is 0.913 bits per heavy atom. The lowest BCUT2D eigenvalue weighted by atomic mass is 9.56. The second-order valence-electron chi connectivity index (χ2n) is 18.9. The van der Waals surface area contributed by atoms with Crippen LogP contribution in [0.3, 0.4) is 0 Å². The van der Waals surface area contributed by atoms with Crippen LogP contribution in [0.2, 0.25) is 0 Å². The maximum Gasteiger partial charge on any atom is 0.236 e. The highest BCUT2D eigenvalue weighted by molar-refractivity contribution is 6.06. The number of nitrogens with zero attached hydrogens (tertiary/aromatic N) is 1. The fourth-order valence-electron chi connectivity index (χ4n) is 10.7. The van der Waals surface area contributed by atoms with Gasteiger partial charge in [-0.05, 0) is 76.8 Å². The van der Waals surface area contributed by atoms with Gasteiger partial charge in [-0.25, -0.2) is 0 Å². The van der Waals surface area contributed by atoms with Crippen LogP contribution in [0.4, 0.5) is 5.69 Å². The second kappa shape index (κ2) is 21.6. The quantitative estimate of drug-likeness (QED) is 0.0858. The van der Waals surface area contributed by atoms with Crippen molar-refractivity contribution in [1.82, 2.24) is 0 Å². The van der Waals surface area contributed by atoms with Crippen LogP contribution in [0.1, 0.15) is 70.7 Å². The van der Waals surface area contributed by atoms with Crippen molar-refractivity contribution in [2.45, 2.75) is 101 Å². The molecule has 2 aliphatic heterocycles. The Morgan fingerprint density at radius 1 is 0.478 bits per heavy atom. The molecule has 7 aromatic rings. The average Bonchev–Trinajstić information content (AvgIpc) is 3.41. The number of para-hydroxylation sites is 1. The minimum absolute atomic E-state index is 0.123. The van der Waals surface area contributed by atoms with E-state index in [1.165, 1.54) is 0 Å². The number of carbonyl (C=O) groups is 1. The first-order valence-electron chi connectivity index (χ1n) is 24.4. The van der Waals surface area contributed by atoms with Crippen molar-refractivity contribution < 1.29 is 33.6 Å². The summed E-state index contributed by atoms with van der Waals surface area (Å²) in [6, 6.07) is 69.2. The summed E-state index contributed by atoms with van der Waals surface area (Å²) < 4.78 is 34.7. The van der Waals surface area contributed by atoms with Gasteiger partial charge in [0.1, 0.15) is 24.4 Å². The van der Waals surface area contributed by atoms with Gasteiger partial charge in [-0.3, -0.25) is 4.79 Å². The average molecular weight is 920 g/mol. The van der Waals surface area contributed by atoms with Crippen LogP contribution >= 0.6 is 0 Å². The molecule has 3 aliphatic rings. The highest BCUT2D eigenvalue weighted by Gasteiger charge is 2.63. The Morgan fingerprint density at radius 3 is 1.42 bits per heavy atom. The highest BCUT2D eigenvalue weighted by Crippen LogP contribution is 2.61.